The molecule has 1 unspecified atom stereocenters. The second kappa shape index (κ2) is 8.93. The number of amides is 1. The van der Waals surface area contributed by atoms with Crippen molar-refractivity contribution in [3.05, 3.63) is 64.7 Å². The maximum atomic E-state index is 12.3. The first-order valence-electron chi connectivity index (χ1n) is 8.55. The molecule has 0 heterocycles. The minimum atomic E-state index is 0.0995. The third kappa shape index (κ3) is 5.41. The van der Waals surface area contributed by atoms with Gasteiger partial charge < -0.3 is 5.32 Å². The highest BCUT2D eigenvalue weighted by Gasteiger charge is 2.14. The smallest absolute Gasteiger partial charge is 0.221 e. The molecular weight excluding hydrogens is 314 g/mol. The van der Waals surface area contributed by atoms with Gasteiger partial charge in [-0.25, -0.2) is 0 Å². The fourth-order valence-corrected chi connectivity index (χ4v) is 3.63. The molecule has 0 aromatic heterocycles. The van der Waals surface area contributed by atoms with Gasteiger partial charge in [0, 0.05) is 17.1 Å². The quantitative estimate of drug-likeness (QED) is 0.687. The van der Waals surface area contributed by atoms with E-state index in [0.717, 1.165) is 12.2 Å². The standard InChI is InChI=1S/C21H27NOS/c1-5-20(19-11-8-16(3)14-17(19)4)22-21(23)12-13-24-18-9-6-15(2)7-10-18/h6-11,14,20H,5,12-13H2,1-4H3,(H,22,23). The van der Waals surface area contributed by atoms with Crippen LogP contribution in [0.5, 0.6) is 0 Å². The molecule has 0 fully saturated rings. The summed E-state index contributed by atoms with van der Waals surface area (Å²) in [6.45, 7) is 8.41. The maximum absolute atomic E-state index is 12.3. The first-order chi connectivity index (χ1) is 11.5. The summed E-state index contributed by atoms with van der Waals surface area (Å²) < 4.78 is 0. The first-order valence-corrected chi connectivity index (χ1v) is 9.54. The summed E-state index contributed by atoms with van der Waals surface area (Å²) in [5.41, 5.74) is 4.99. The monoisotopic (exact) mass is 341 g/mol. The zero-order chi connectivity index (χ0) is 17.5. The highest BCUT2D eigenvalue weighted by Crippen LogP contribution is 2.23. The third-order valence-corrected chi connectivity index (χ3v) is 5.18. The number of carbonyl (C=O) groups is 1. The van der Waals surface area contributed by atoms with Crippen molar-refractivity contribution in [3.8, 4) is 0 Å². The summed E-state index contributed by atoms with van der Waals surface area (Å²) in [6, 6.07) is 15.0. The van der Waals surface area contributed by atoms with E-state index >= 15 is 0 Å². The van der Waals surface area contributed by atoms with Gasteiger partial charge >= 0.3 is 0 Å². The van der Waals surface area contributed by atoms with Gasteiger partial charge in [-0.2, -0.15) is 0 Å². The van der Waals surface area contributed by atoms with Gasteiger partial charge in [-0.3, -0.25) is 4.79 Å². The molecule has 1 atom stereocenters. The molecular formula is C21H27NOS. The molecule has 24 heavy (non-hydrogen) atoms. The molecule has 2 aromatic carbocycles. The van der Waals surface area contributed by atoms with Crippen LogP contribution in [0.2, 0.25) is 0 Å². The molecule has 0 radical (unpaired) electrons. The van der Waals surface area contributed by atoms with Gasteiger partial charge in [-0.1, -0.05) is 48.4 Å². The van der Waals surface area contributed by atoms with E-state index in [1.54, 1.807) is 11.8 Å². The lowest BCUT2D eigenvalue weighted by molar-refractivity contribution is -0.121. The van der Waals surface area contributed by atoms with Crippen LogP contribution in [0.25, 0.3) is 0 Å². The van der Waals surface area contributed by atoms with Crippen LogP contribution >= 0.6 is 11.8 Å². The summed E-state index contributed by atoms with van der Waals surface area (Å²) in [5, 5.41) is 3.19. The van der Waals surface area contributed by atoms with E-state index in [2.05, 4.69) is 75.5 Å². The zero-order valence-corrected chi connectivity index (χ0v) is 15.9. The van der Waals surface area contributed by atoms with Gasteiger partial charge in [-0.15, -0.1) is 11.8 Å². The summed E-state index contributed by atoms with van der Waals surface area (Å²) in [7, 11) is 0. The van der Waals surface area contributed by atoms with Crippen LogP contribution in [0.3, 0.4) is 0 Å². The average Bonchev–Trinajstić information content (AvgIpc) is 2.55. The number of carbonyl (C=O) groups excluding carboxylic acids is 1. The fourth-order valence-electron chi connectivity index (χ4n) is 2.78. The molecule has 2 aromatic rings. The maximum Gasteiger partial charge on any atom is 0.221 e. The number of rotatable bonds is 7. The van der Waals surface area contributed by atoms with E-state index in [4.69, 9.17) is 0 Å². The zero-order valence-electron chi connectivity index (χ0n) is 15.1. The van der Waals surface area contributed by atoms with Crippen molar-refractivity contribution < 1.29 is 4.79 Å². The van der Waals surface area contributed by atoms with E-state index in [-0.39, 0.29) is 11.9 Å². The van der Waals surface area contributed by atoms with Gasteiger partial charge in [0.25, 0.3) is 0 Å². The predicted molar refractivity (Wildman–Crippen MR) is 104 cm³/mol. The lowest BCUT2D eigenvalue weighted by Gasteiger charge is -2.20. The Bertz CT molecular complexity index is 679. The first kappa shape index (κ1) is 18.6. The number of nitrogens with one attached hydrogen (secondary N) is 1. The number of aryl methyl sites for hydroxylation is 3. The Morgan fingerprint density at radius 1 is 1.04 bits per heavy atom. The van der Waals surface area contributed by atoms with Gasteiger partial charge in [-0.05, 0) is 50.5 Å². The highest BCUT2D eigenvalue weighted by atomic mass is 32.2. The molecule has 2 nitrogen and oxygen atoms in total. The molecule has 0 aliphatic rings. The second-order valence-electron chi connectivity index (χ2n) is 6.30. The molecule has 0 aliphatic heterocycles. The number of hydrogen-bond donors (Lipinski definition) is 1. The van der Waals surface area contributed by atoms with Crippen molar-refractivity contribution in [1.29, 1.82) is 0 Å². The van der Waals surface area contributed by atoms with Gasteiger partial charge in [0.1, 0.15) is 0 Å². The molecule has 0 bridgehead atoms. The van der Waals surface area contributed by atoms with E-state index < -0.39 is 0 Å². The summed E-state index contributed by atoms with van der Waals surface area (Å²) >= 11 is 1.73. The molecule has 0 spiro atoms. The Morgan fingerprint density at radius 3 is 2.33 bits per heavy atom. The van der Waals surface area contributed by atoms with Crippen LogP contribution in [-0.4, -0.2) is 11.7 Å². The summed E-state index contributed by atoms with van der Waals surface area (Å²) in [6.07, 6.45) is 1.45. The normalized spacial score (nSPS) is 12.0. The molecule has 128 valence electrons. The summed E-state index contributed by atoms with van der Waals surface area (Å²) in [5.74, 6) is 0.930. The Kier molecular flexibility index (Phi) is 6.92. The van der Waals surface area contributed by atoms with E-state index in [1.165, 1.54) is 27.1 Å². The minimum Gasteiger partial charge on any atom is -0.349 e. The minimum absolute atomic E-state index is 0.0995. The van der Waals surface area contributed by atoms with Gasteiger partial charge in [0.2, 0.25) is 5.91 Å². The number of benzene rings is 2. The van der Waals surface area contributed by atoms with Crippen LogP contribution in [0.15, 0.2) is 47.4 Å². The van der Waals surface area contributed by atoms with Crippen LogP contribution in [-0.2, 0) is 4.79 Å². The van der Waals surface area contributed by atoms with Crippen molar-refractivity contribution in [2.24, 2.45) is 0 Å². The number of thioether (sulfide) groups is 1. The van der Waals surface area contributed by atoms with Gasteiger partial charge in [0.15, 0.2) is 0 Å². The lowest BCUT2D eigenvalue weighted by atomic mass is 9.97. The Hall–Kier alpha value is -1.74. The average molecular weight is 342 g/mol. The van der Waals surface area contributed by atoms with Crippen LogP contribution in [0.1, 0.15) is 48.1 Å². The van der Waals surface area contributed by atoms with Gasteiger partial charge in [0.05, 0.1) is 6.04 Å². The van der Waals surface area contributed by atoms with Crippen molar-refractivity contribution in [3.63, 3.8) is 0 Å². The predicted octanol–water partition coefficient (Wildman–Crippen LogP) is 5.36. The second-order valence-corrected chi connectivity index (χ2v) is 7.47. The van der Waals surface area contributed by atoms with Crippen molar-refractivity contribution in [2.45, 2.75) is 51.5 Å². The summed E-state index contributed by atoms with van der Waals surface area (Å²) in [4.78, 5) is 13.5. The van der Waals surface area contributed by atoms with Crippen LogP contribution in [0.4, 0.5) is 0 Å². The van der Waals surface area contributed by atoms with Crippen LogP contribution < -0.4 is 5.32 Å². The molecule has 0 saturated carbocycles. The SMILES string of the molecule is CCC(NC(=O)CCSc1ccc(C)cc1)c1ccc(C)cc1C. The largest absolute Gasteiger partial charge is 0.349 e. The Balaban J connectivity index is 1.86. The van der Waals surface area contributed by atoms with Crippen molar-refractivity contribution in [1.82, 2.24) is 5.32 Å². The van der Waals surface area contributed by atoms with E-state index in [9.17, 15) is 4.79 Å². The molecule has 0 aliphatic carbocycles. The molecule has 1 N–H and O–H groups in total. The van der Waals surface area contributed by atoms with Crippen LogP contribution in [0, 0.1) is 20.8 Å². The van der Waals surface area contributed by atoms with Crippen molar-refractivity contribution in [2.75, 3.05) is 5.75 Å². The van der Waals surface area contributed by atoms with E-state index in [1.807, 2.05) is 0 Å². The van der Waals surface area contributed by atoms with Crippen molar-refractivity contribution >= 4 is 17.7 Å². The highest BCUT2D eigenvalue weighted by molar-refractivity contribution is 7.99. The third-order valence-electron chi connectivity index (χ3n) is 4.16. The molecule has 3 heteroatoms. The Morgan fingerprint density at radius 2 is 1.71 bits per heavy atom. The fraction of sp³-hybridized carbons (Fsp3) is 0.381. The number of hydrogen-bond acceptors (Lipinski definition) is 2. The molecule has 0 saturated heterocycles. The molecule has 2 rings (SSSR count). The Labute approximate surface area is 150 Å². The topological polar surface area (TPSA) is 29.1 Å². The van der Waals surface area contributed by atoms with E-state index in [0.29, 0.717) is 6.42 Å². The lowest BCUT2D eigenvalue weighted by Crippen LogP contribution is -2.28. The molecule has 1 amide bonds.